The third-order valence-corrected chi connectivity index (χ3v) is 5.09. The van der Waals surface area contributed by atoms with Gasteiger partial charge in [-0.15, -0.1) is 11.3 Å². The predicted octanol–water partition coefficient (Wildman–Crippen LogP) is 5.34. The topological polar surface area (TPSA) is 24.9 Å². The summed E-state index contributed by atoms with van der Waals surface area (Å²) >= 11 is 1.81. The minimum absolute atomic E-state index is 0.346. The monoisotopic (exact) mass is 302 g/mol. The molecule has 0 aliphatic carbocycles. The zero-order chi connectivity index (χ0) is 15.2. The number of unbranched alkanes of at least 4 members (excludes halogenated alkanes) is 1. The number of nitrogens with one attached hydrogen (secondary N) is 1. The molecule has 2 aromatic rings. The molecular weight excluding hydrogens is 276 g/mol. The highest BCUT2D eigenvalue weighted by Crippen LogP contribution is 2.28. The Hall–Kier alpha value is -1.19. The van der Waals surface area contributed by atoms with E-state index in [1.54, 1.807) is 0 Å². The van der Waals surface area contributed by atoms with Crippen LogP contribution in [-0.2, 0) is 0 Å². The first-order chi connectivity index (χ1) is 10.1. The van der Waals surface area contributed by atoms with Crippen molar-refractivity contribution < 1.29 is 0 Å². The van der Waals surface area contributed by atoms with Crippen LogP contribution in [0.3, 0.4) is 0 Å². The van der Waals surface area contributed by atoms with Crippen molar-refractivity contribution in [3.05, 3.63) is 51.5 Å². The molecule has 0 radical (unpaired) electrons. The van der Waals surface area contributed by atoms with Gasteiger partial charge in [-0.3, -0.25) is 0 Å². The minimum Gasteiger partial charge on any atom is -0.303 e. The van der Waals surface area contributed by atoms with Crippen molar-refractivity contribution in [1.82, 2.24) is 10.3 Å². The summed E-state index contributed by atoms with van der Waals surface area (Å²) < 4.78 is 0. The number of hydrogen-bond donors (Lipinski definition) is 1. The summed E-state index contributed by atoms with van der Waals surface area (Å²) in [5.41, 5.74) is 2.55. The van der Waals surface area contributed by atoms with Gasteiger partial charge in [-0.1, -0.05) is 50.1 Å². The SMILES string of the molecule is CCCCC(NC(C)c1sc(C)nc1C)c1ccccc1. The quantitative estimate of drug-likeness (QED) is 0.746. The third kappa shape index (κ3) is 4.39. The average molecular weight is 302 g/mol. The summed E-state index contributed by atoms with van der Waals surface area (Å²) in [6.45, 7) is 8.70. The average Bonchev–Trinajstić information content (AvgIpc) is 2.83. The van der Waals surface area contributed by atoms with Crippen LogP contribution in [0.15, 0.2) is 30.3 Å². The third-order valence-electron chi connectivity index (χ3n) is 3.83. The first-order valence-corrected chi connectivity index (χ1v) is 8.68. The first kappa shape index (κ1) is 16.2. The van der Waals surface area contributed by atoms with Crippen LogP contribution in [-0.4, -0.2) is 4.98 Å². The lowest BCUT2D eigenvalue weighted by atomic mass is 10.00. The number of aromatic nitrogens is 1. The lowest BCUT2D eigenvalue weighted by Crippen LogP contribution is -2.24. The zero-order valence-corrected chi connectivity index (χ0v) is 14.3. The van der Waals surface area contributed by atoms with E-state index in [-0.39, 0.29) is 0 Å². The summed E-state index contributed by atoms with van der Waals surface area (Å²) in [6.07, 6.45) is 3.67. The van der Waals surface area contributed by atoms with E-state index in [4.69, 9.17) is 0 Å². The van der Waals surface area contributed by atoms with Gasteiger partial charge in [0.2, 0.25) is 0 Å². The molecule has 2 unspecified atom stereocenters. The van der Waals surface area contributed by atoms with E-state index < -0.39 is 0 Å². The smallest absolute Gasteiger partial charge is 0.0900 e. The van der Waals surface area contributed by atoms with Crippen molar-refractivity contribution in [2.75, 3.05) is 0 Å². The van der Waals surface area contributed by atoms with Crippen molar-refractivity contribution in [2.45, 2.75) is 59.0 Å². The van der Waals surface area contributed by atoms with E-state index in [0.717, 1.165) is 5.01 Å². The number of thiazole rings is 1. The first-order valence-electron chi connectivity index (χ1n) is 7.86. The molecule has 0 fully saturated rings. The lowest BCUT2D eigenvalue weighted by molar-refractivity contribution is 0.433. The Kier molecular flexibility index (Phi) is 5.95. The van der Waals surface area contributed by atoms with Crippen molar-refractivity contribution in [1.29, 1.82) is 0 Å². The molecule has 2 nitrogen and oxygen atoms in total. The summed E-state index contributed by atoms with van der Waals surface area (Å²) in [6, 6.07) is 11.6. The normalized spacial score (nSPS) is 14.1. The zero-order valence-electron chi connectivity index (χ0n) is 13.5. The minimum atomic E-state index is 0.346. The maximum Gasteiger partial charge on any atom is 0.0900 e. The van der Waals surface area contributed by atoms with E-state index in [0.29, 0.717) is 12.1 Å². The van der Waals surface area contributed by atoms with Gasteiger partial charge in [0.05, 0.1) is 10.7 Å². The Morgan fingerprint density at radius 2 is 1.90 bits per heavy atom. The molecule has 1 heterocycles. The van der Waals surface area contributed by atoms with Gasteiger partial charge >= 0.3 is 0 Å². The standard InChI is InChI=1S/C18H26N2S/c1-5-6-12-17(16-10-8-7-9-11-16)20-14(3)18-13(2)19-15(4)21-18/h7-11,14,17,20H,5-6,12H2,1-4H3. The number of nitrogens with zero attached hydrogens (tertiary/aromatic N) is 1. The van der Waals surface area contributed by atoms with Gasteiger partial charge < -0.3 is 5.32 Å². The molecule has 0 amide bonds. The van der Waals surface area contributed by atoms with Crippen molar-refractivity contribution in [2.24, 2.45) is 0 Å². The molecule has 0 aliphatic heterocycles. The van der Waals surface area contributed by atoms with Gasteiger partial charge in [-0.25, -0.2) is 4.98 Å². The number of rotatable bonds is 7. The summed E-state index contributed by atoms with van der Waals surface area (Å²) in [5.74, 6) is 0. The van der Waals surface area contributed by atoms with Crippen LogP contribution in [0.1, 0.15) is 66.3 Å². The molecule has 21 heavy (non-hydrogen) atoms. The van der Waals surface area contributed by atoms with Crippen LogP contribution < -0.4 is 5.32 Å². The second-order valence-corrected chi connectivity index (χ2v) is 6.91. The van der Waals surface area contributed by atoms with Crippen LogP contribution >= 0.6 is 11.3 Å². The van der Waals surface area contributed by atoms with Crippen LogP contribution in [0.5, 0.6) is 0 Å². The largest absolute Gasteiger partial charge is 0.303 e. The highest BCUT2D eigenvalue weighted by Gasteiger charge is 2.18. The van der Waals surface area contributed by atoms with Crippen LogP contribution in [0.25, 0.3) is 0 Å². The summed E-state index contributed by atoms with van der Waals surface area (Å²) in [7, 11) is 0. The molecule has 2 atom stereocenters. The van der Waals surface area contributed by atoms with Crippen LogP contribution in [0.2, 0.25) is 0 Å². The molecular formula is C18H26N2S. The number of benzene rings is 1. The Balaban J connectivity index is 2.13. The molecule has 1 aromatic carbocycles. The van der Waals surface area contributed by atoms with E-state index in [2.05, 4.69) is 68.3 Å². The van der Waals surface area contributed by atoms with Gasteiger partial charge in [0.25, 0.3) is 0 Å². The predicted molar refractivity (Wildman–Crippen MR) is 91.8 cm³/mol. The second-order valence-electron chi connectivity index (χ2n) is 5.68. The Bertz CT molecular complexity index is 548. The van der Waals surface area contributed by atoms with Gasteiger partial charge in [-0.05, 0) is 32.8 Å². The number of aryl methyl sites for hydroxylation is 2. The van der Waals surface area contributed by atoms with Crippen LogP contribution in [0.4, 0.5) is 0 Å². The molecule has 0 saturated carbocycles. The van der Waals surface area contributed by atoms with E-state index in [9.17, 15) is 0 Å². The lowest BCUT2D eigenvalue weighted by Gasteiger charge is -2.23. The van der Waals surface area contributed by atoms with Crippen molar-refractivity contribution >= 4 is 11.3 Å². The highest BCUT2D eigenvalue weighted by molar-refractivity contribution is 7.11. The van der Waals surface area contributed by atoms with Gasteiger partial charge in [0.15, 0.2) is 0 Å². The van der Waals surface area contributed by atoms with Crippen LogP contribution in [0, 0.1) is 13.8 Å². The summed E-state index contributed by atoms with van der Waals surface area (Å²) in [5, 5.41) is 4.96. The molecule has 0 aliphatic rings. The summed E-state index contributed by atoms with van der Waals surface area (Å²) in [4.78, 5) is 5.92. The Labute approximate surface area is 132 Å². The highest BCUT2D eigenvalue weighted by atomic mass is 32.1. The Morgan fingerprint density at radius 3 is 2.48 bits per heavy atom. The van der Waals surface area contributed by atoms with Gasteiger partial charge in [0.1, 0.15) is 0 Å². The fraction of sp³-hybridized carbons (Fsp3) is 0.500. The van der Waals surface area contributed by atoms with E-state index in [1.165, 1.54) is 35.4 Å². The fourth-order valence-corrected chi connectivity index (χ4v) is 3.71. The van der Waals surface area contributed by atoms with Crippen molar-refractivity contribution in [3.8, 4) is 0 Å². The molecule has 0 bridgehead atoms. The van der Waals surface area contributed by atoms with Gasteiger partial charge in [0, 0.05) is 17.0 Å². The Morgan fingerprint density at radius 1 is 1.19 bits per heavy atom. The molecule has 3 heteroatoms. The molecule has 2 rings (SSSR count). The number of hydrogen-bond acceptors (Lipinski definition) is 3. The second kappa shape index (κ2) is 7.71. The van der Waals surface area contributed by atoms with E-state index >= 15 is 0 Å². The fourth-order valence-electron chi connectivity index (χ4n) is 2.77. The molecule has 1 N–H and O–H groups in total. The molecule has 0 saturated heterocycles. The van der Waals surface area contributed by atoms with E-state index in [1.807, 2.05) is 11.3 Å². The van der Waals surface area contributed by atoms with Crippen molar-refractivity contribution in [3.63, 3.8) is 0 Å². The molecule has 114 valence electrons. The maximum absolute atomic E-state index is 4.55. The molecule has 0 spiro atoms. The maximum atomic E-state index is 4.55. The van der Waals surface area contributed by atoms with Gasteiger partial charge in [-0.2, -0.15) is 0 Å². The molecule has 1 aromatic heterocycles.